The summed E-state index contributed by atoms with van der Waals surface area (Å²) in [5.74, 6) is 0. The van der Waals surface area contributed by atoms with Gasteiger partial charge in [0, 0.05) is 17.8 Å². The molecule has 0 unspecified atom stereocenters. The maximum atomic E-state index is 13.0. The van der Waals surface area contributed by atoms with E-state index in [1.807, 2.05) is 6.07 Å². The highest BCUT2D eigenvalue weighted by molar-refractivity contribution is 5.65. The van der Waals surface area contributed by atoms with E-state index in [2.05, 4.69) is 26.5 Å². The molecule has 2 aromatic carbocycles. The summed E-state index contributed by atoms with van der Waals surface area (Å²) in [6.45, 7) is 2.44. The fourth-order valence-corrected chi connectivity index (χ4v) is 5.76. The first-order chi connectivity index (χ1) is 16.0. The van der Waals surface area contributed by atoms with E-state index >= 15 is 0 Å². The molecule has 0 spiro atoms. The van der Waals surface area contributed by atoms with Gasteiger partial charge in [-0.3, -0.25) is 4.90 Å². The summed E-state index contributed by atoms with van der Waals surface area (Å²) in [5.41, 5.74) is 4.00. The van der Waals surface area contributed by atoms with Gasteiger partial charge >= 0.3 is 6.18 Å². The first kappa shape index (κ1) is 22.4. The first-order valence-electron chi connectivity index (χ1n) is 12.2. The summed E-state index contributed by atoms with van der Waals surface area (Å²) in [6.07, 6.45) is 6.13. The molecule has 7 heteroatoms. The van der Waals surface area contributed by atoms with Gasteiger partial charge in [0.05, 0.1) is 16.9 Å². The first-order valence-corrected chi connectivity index (χ1v) is 12.2. The van der Waals surface area contributed by atoms with Gasteiger partial charge in [-0.25, -0.2) is 0 Å². The van der Waals surface area contributed by atoms with Crippen LogP contribution in [0.2, 0.25) is 0 Å². The number of azo groups is 1. The molecule has 2 aromatic rings. The molecular weight excluding hydrogens is 425 g/mol. The summed E-state index contributed by atoms with van der Waals surface area (Å²) in [6, 6.07) is 10.2. The summed E-state index contributed by atoms with van der Waals surface area (Å²) < 4.78 is 39.0. The highest BCUT2D eigenvalue weighted by atomic mass is 19.4. The van der Waals surface area contributed by atoms with Gasteiger partial charge in [0.1, 0.15) is 0 Å². The molecule has 0 bridgehead atoms. The van der Waals surface area contributed by atoms with Gasteiger partial charge in [-0.15, -0.1) is 0 Å². The molecule has 33 heavy (non-hydrogen) atoms. The van der Waals surface area contributed by atoms with Gasteiger partial charge in [0.15, 0.2) is 0 Å². The number of halogens is 3. The lowest BCUT2D eigenvalue weighted by molar-refractivity contribution is -0.137. The van der Waals surface area contributed by atoms with Crippen molar-refractivity contribution in [2.75, 3.05) is 18.4 Å². The number of nitrogens with one attached hydrogen (secondary N) is 1. The van der Waals surface area contributed by atoms with Gasteiger partial charge < -0.3 is 5.32 Å². The number of anilines is 1. The Balaban J connectivity index is 1.39. The lowest BCUT2D eigenvalue weighted by atomic mass is 9.86. The van der Waals surface area contributed by atoms with Crippen LogP contribution in [0.3, 0.4) is 0 Å². The fourth-order valence-electron chi connectivity index (χ4n) is 5.76. The Morgan fingerprint density at radius 1 is 0.848 bits per heavy atom. The SMILES string of the molecule is FC(F)(F)c1cccc(N=Nc2ccc(N[C@@H]3CCCN4CCCC[C@H]34)c3c2CCCC3)c1. The number of benzene rings is 2. The van der Waals surface area contributed by atoms with E-state index in [0.29, 0.717) is 12.1 Å². The van der Waals surface area contributed by atoms with Crippen LogP contribution in [-0.2, 0) is 19.0 Å². The van der Waals surface area contributed by atoms with E-state index in [9.17, 15) is 13.2 Å². The van der Waals surface area contributed by atoms with Crippen LogP contribution in [0.4, 0.5) is 30.2 Å². The molecule has 1 aliphatic carbocycles. The molecule has 2 saturated heterocycles. The quantitative estimate of drug-likeness (QED) is 0.486. The van der Waals surface area contributed by atoms with Crippen molar-refractivity contribution in [3.05, 3.63) is 53.1 Å². The van der Waals surface area contributed by atoms with E-state index in [4.69, 9.17) is 0 Å². The van der Waals surface area contributed by atoms with E-state index in [1.54, 1.807) is 6.07 Å². The number of nitrogens with zero attached hydrogens (tertiary/aromatic N) is 3. The summed E-state index contributed by atoms with van der Waals surface area (Å²) in [7, 11) is 0. The van der Waals surface area contributed by atoms with Gasteiger partial charge in [0.2, 0.25) is 0 Å². The van der Waals surface area contributed by atoms with Gasteiger partial charge in [-0.1, -0.05) is 12.5 Å². The zero-order valence-electron chi connectivity index (χ0n) is 18.9. The van der Waals surface area contributed by atoms with Crippen LogP contribution in [-0.4, -0.2) is 30.1 Å². The summed E-state index contributed by atoms with van der Waals surface area (Å²) in [4.78, 5) is 2.66. The Labute approximate surface area is 193 Å². The van der Waals surface area contributed by atoms with Crippen LogP contribution in [0.15, 0.2) is 46.6 Å². The molecule has 1 N–H and O–H groups in total. The third-order valence-corrected chi connectivity index (χ3v) is 7.39. The fraction of sp³-hybridized carbons (Fsp3) is 0.538. The Kier molecular flexibility index (Phi) is 6.41. The van der Waals surface area contributed by atoms with Crippen molar-refractivity contribution in [1.29, 1.82) is 0 Å². The number of piperidine rings is 2. The molecule has 2 aliphatic heterocycles. The van der Waals surface area contributed by atoms with Crippen LogP contribution >= 0.6 is 0 Å². The Morgan fingerprint density at radius 3 is 2.52 bits per heavy atom. The second kappa shape index (κ2) is 9.45. The minimum Gasteiger partial charge on any atom is -0.381 e. The van der Waals surface area contributed by atoms with Gasteiger partial charge in [-0.05, 0) is 106 Å². The molecular formula is C26H31F3N4. The van der Waals surface area contributed by atoms with Crippen molar-refractivity contribution in [3.8, 4) is 0 Å². The van der Waals surface area contributed by atoms with E-state index < -0.39 is 11.7 Å². The zero-order valence-corrected chi connectivity index (χ0v) is 18.9. The van der Waals surface area contributed by atoms with Crippen LogP contribution < -0.4 is 5.32 Å². The van der Waals surface area contributed by atoms with E-state index in [0.717, 1.165) is 43.5 Å². The van der Waals surface area contributed by atoms with Crippen LogP contribution in [0.25, 0.3) is 0 Å². The number of hydrogen-bond acceptors (Lipinski definition) is 4. The summed E-state index contributed by atoms with van der Waals surface area (Å²) >= 11 is 0. The van der Waals surface area contributed by atoms with Crippen LogP contribution in [0.5, 0.6) is 0 Å². The Hall–Kier alpha value is -2.41. The standard InChI is InChI=1S/C26H31F3N4/c27-26(28,29)18-7-5-8-19(17-18)31-32-23-14-13-22(20-9-1-2-10-21(20)23)30-24-11-6-16-33-15-4-3-12-25(24)33/h5,7-8,13-14,17,24-25,30H,1-4,6,9-12,15-16H2/t24-,25-/m1/s1. The van der Waals surface area contributed by atoms with E-state index in [-0.39, 0.29) is 5.69 Å². The van der Waals surface area contributed by atoms with Crippen LogP contribution in [0.1, 0.15) is 61.6 Å². The van der Waals surface area contributed by atoms with Gasteiger partial charge in [-0.2, -0.15) is 23.4 Å². The molecule has 2 atom stereocenters. The Morgan fingerprint density at radius 2 is 1.67 bits per heavy atom. The normalized spacial score (nSPS) is 23.8. The molecule has 0 amide bonds. The highest BCUT2D eigenvalue weighted by Gasteiger charge is 2.33. The van der Waals surface area contributed by atoms with Gasteiger partial charge in [0.25, 0.3) is 0 Å². The highest BCUT2D eigenvalue weighted by Crippen LogP contribution is 2.38. The van der Waals surface area contributed by atoms with Crippen molar-refractivity contribution in [3.63, 3.8) is 0 Å². The molecule has 4 nitrogen and oxygen atoms in total. The number of hydrogen-bond donors (Lipinski definition) is 1. The monoisotopic (exact) mass is 456 g/mol. The van der Waals surface area contributed by atoms with E-state index in [1.165, 1.54) is 68.1 Å². The topological polar surface area (TPSA) is 40.0 Å². The zero-order chi connectivity index (χ0) is 22.8. The maximum Gasteiger partial charge on any atom is 0.416 e. The third-order valence-electron chi connectivity index (χ3n) is 7.39. The summed E-state index contributed by atoms with van der Waals surface area (Å²) in [5, 5.41) is 12.4. The predicted octanol–water partition coefficient (Wildman–Crippen LogP) is 7.43. The number of fused-ring (bicyclic) bond motifs is 2. The molecule has 5 rings (SSSR count). The van der Waals surface area contributed by atoms with Crippen molar-refractivity contribution in [2.24, 2.45) is 10.2 Å². The predicted molar refractivity (Wildman–Crippen MR) is 125 cm³/mol. The second-order valence-corrected chi connectivity index (χ2v) is 9.54. The maximum absolute atomic E-state index is 13.0. The van der Waals surface area contributed by atoms with Crippen molar-refractivity contribution < 1.29 is 13.2 Å². The van der Waals surface area contributed by atoms with Crippen molar-refractivity contribution >= 4 is 17.1 Å². The minimum atomic E-state index is -4.38. The molecule has 176 valence electrons. The second-order valence-electron chi connectivity index (χ2n) is 9.54. The molecule has 0 aromatic heterocycles. The van der Waals surface area contributed by atoms with Crippen molar-refractivity contribution in [1.82, 2.24) is 4.90 Å². The third kappa shape index (κ3) is 4.93. The lowest BCUT2D eigenvalue weighted by Crippen LogP contribution is -2.53. The largest absolute Gasteiger partial charge is 0.416 e. The number of alkyl halides is 3. The lowest BCUT2D eigenvalue weighted by Gasteiger charge is -2.45. The molecule has 3 aliphatic rings. The van der Waals surface area contributed by atoms with Crippen LogP contribution in [0, 0.1) is 0 Å². The Bertz CT molecular complexity index is 1020. The average Bonchev–Trinajstić information content (AvgIpc) is 2.83. The molecule has 0 saturated carbocycles. The molecule has 2 fully saturated rings. The average molecular weight is 457 g/mol. The molecule has 2 heterocycles. The smallest absolute Gasteiger partial charge is 0.381 e. The minimum absolute atomic E-state index is 0.219. The number of rotatable bonds is 4. The van der Waals surface area contributed by atoms with Crippen molar-refractivity contribution in [2.45, 2.75) is 76.0 Å². The molecule has 0 radical (unpaired) electrons.